The second-order valence-electron chi connectivity index (χ2n) is 6.20. The van der Waals surface area contributed by atoms with Gasteiger partial charge in [-0.2, -0.15) is 4.31 Å². The van der Waals surface area contributed by atoms with Crippen molar-refractivity contribution in [3.63, 3.8) is 0 Å². The van der Waals surface area contributed by atoms with Gasteiger partial charge in [-0.1, -0.05) is 0 Å². The molecule has 1 saturated heterocycles. The molecule has 1 aromatic rings. The Bertz CT molecular complexity index is 614. The molecule has 1 unspecified atom stereocenters. The van der Waals surface area contributed by atoms with Gasteiger partial charge in [0.1, 0.15) is 5.75 Å². The third-order valence-corrected chi connectivity index (χ3v) is 5.82. The molecular weight excluding hydrogens is 300 g/mol. The third-order valence-electron chi connectivity index (χ3n) is 3.96. The molecule has 1 heterocycles. The molecule has 0 aliphatic carbocycles. The van der Waals surface area contributed by atoms with Crippen LogP contribution in [0.15, 0.2) is 23.1 Å². The summed E-state index contributed by atoms with van der Waals surface area (Å²) in [6, 6.07) is 5.07. The molecule has 1 fully saturated rings. The number of hydrogen-bond acceptors (Lipinski definition) is 4. The summed E-state index contributed by atoms with van der Waals surface area (Å²) < 4.78 is 32.8. The molecule has 5 nitrogen and oxygen atoms in total. The van der Waals surface area contributed by atoms with Gasteiger partial charge in [-0.15, -0.1) is 0 Å². The summed E-state index contributed by atoms with van der Waals surface area (Å²) >= 11 is 0. The Labute approximate surface area is 133 Å². The van der Waals surface area contributed by atoms with E-state index >= 15 is 0 Å². The van der Waals surface area contributed by atoms with Crippen molar-refractivity contribution in [2.75, 3.05) is 19.6 Å². The summed E-state index contributed by atoms with van der Waals surface area (Å²) in [4.78, 5) is 0.332. The number of ether oxygens (including phenoxy) is 1. The van der Waals surface area contributed by atoms with Crippen molar-refractivity contribution in [3.8, 4) is 5.75 Å². The lowest BCUT2D eigenvalue weighted by molar-refractivity contribution is 0.240. The molecule has 1 aliphatic heterocycles. The Balaban J connectivity index is 2.24. The molecule has 0 spiro atoms. The summed E-state index contributed by atoms with van der Waals surface area (Å²) in [5, 5.41) is 0. The van der Waals surface area contributed by atoms with Crippen molar-refractivity contribution < 1.29 is 13.2 Å². The number of hydrogen-bond donors (Lipinski definition) is 1. The second-order valence-corrected chi connectivity index (χ2v) is 8.14. The minimum absolute atomic E-state index is 0.0635. The van der Waals surface area contributed by atoms with Gasteiger partial charge in [0, 0.05) is 13.1 Å². The smallest absolute Gasteiger partial charge is 0.243 e. The molecule has 1 atom stereocenters. The first-order valence-corrected chi connectivity index (χ1v) is 9.26. The van der Waals surface area contributed by atoms with E-state index in [4.69, 9.17) is 10.5 Å². The van der Waals surface area contributed by atoms with Crippen LogP contribution in [0.1, 0.15) is 32.3 Å². The highest BCUT2D eigenvalue weighted by molar-refractivity contribution is 7.89. The van der Waals surface area contributed by atoms with Gasteiger partial charge in [0.05, 0.1) is 11.0 Å². The van der Waals surface area contributed by atoms with Crippen LogP contribution in [0, 0.1) is 12.8 Å². The molecule has 0 bridgehead atoms. The molecule has 2 rings (SSSR count). The molecule has 6 heteroatoms. The predicted molar refractivity (Wildman–Crippen MR) is 87.5 cm³/mol. The first-order chi connectivity index (χ1) is 10.3. The number of piperidine rings is 1. The van der Waals surface area contributed by atoms with E-state index in [0.717, 1.165) is 24.2 Å². The van der Waals surface area contributed by atoms with E-state index in [1.807, 2.05) is 20.8 Å². The molecule has 0 amide bonds. The number of nitrogens with two attached hydrogens (primary N) is 1. The Hall–Kier alpha value is -1.11. The second kappa shape index (κ2) is 6.98. The van der Waals surface area contributed by atoms with E-state index in [1.54, 1.807) is 22.5 Å². The fraction of sp³-hybridized carbons (Fsp3) is 0.625. The highest BCUT2D eigenvalue weighted by Gasteiger charge is 2.30. The van der Waals surface area contributed by atoms with Crippen molar-refractivity contribution >= 4 is 10.0 Å². The maximum absolute atomic E-state index is 12.8. The SMILES string of the molecule is Cc1cc(S(=O)(=O)N2CCCC(CN)C2)ccc1OC(C)C. The number of benzene rings is 1. The van der Waals surface area contributed by atoms with Crippen LogP contribution in [0.25, 0.3) is 0 Å². The Morgan fingerprint density at radius 1 is 1.41 bits per heavy atom. The van der Waals surface area contributed by atoms with E-state index in [1.165, 1.54) is 0 Å². The minimum Gasteiger partial charge on any atom is -0.491 e. The van der Waals surface area contributed by atoms with E-state index in [0.29, 0.717) is 24.5 Å². The average Bonchev–Trinajstić information content (AvgIpc) is 2.49. The molecular formula is C16H26N2O3S. The van der Waals surface area contributed by atoms with Crippen LogP contribution in [-0.4, -0.2) is 38.5 Å². The van der Waals surface area contributed by atoms with Crippen molar-refractivity contribution in [1.82, 2.24) is 4.31 Å². The number of sulfonamides is 1. The minimum atomic E-state index is -3.45. The molecule has 0 saturated carbocycles. The quantitative estimate of drug-likeness (QED) is 0.900. The van der Waals surface area contributed by atoms with Crippen LogP contribution in [0.5, 0.6) is 5.75 Å². The molecule has 124 valence electrons. The lowest BCUT2D eigenvalue weighted by Crippen LogP contribution is -2.41. The summed E-state index contributed by atoms with van der Waals surface area (Å²) in [6.45, 7) is 7.39. The van der Waals surface area contributed by atoms with E-state index in [9.17, 15) is 8.42 Å². The molecule has 1 aliphatic rings. The molecule has 0 aromatic heterocycles. The Kier molecular flexibility index (Phi) is 5.47. The standard InChI is InChI=1S/C16H26N2O3S/c1-12(2)21-16-7-6-15(9-13(16)3)22(19,20)18-8-4-5-14(10-17)11-18/h6-7,9,12,14H,4-5,8,10-11,17H2,1-3H3. The fourth-order valence-corrected chi connectivity index (χ4v) is 4.40. The third kappa shape index (κ3) is 3.80. The van der Waals surface area contributed by atoms with Crippen LogP contribution in [0.4, 0.5) is 0 Å². The zero-order valence-corrected chi connectivity index (χ0v) is 14.4. The van der Waals surface area contributed by atoms with Gasteiger partial charge in [0.15, 0.2) is 0 Å². The largest absolute Gasteiger partial charge is 0.491 e. The van der Waals surface area contributed by atoms with Crippen LogP contribution in [0.2, 0.25) is 0 Å². The van der Waals surface area contributed by atoms with Crippen molar-refractivity contribution in [2.45, 2.75) is 44.6 Å². The number of rotatable bonds is 5. The lowest BCUT2D eigenvalue weighted by atomic mass is 10.0. The lowest BCUT2D eigenvalue weighted by Gasteiger charge is -2.31. The van der Waals surface area contributed by atoms with Gasteiger partial charge >= 0.3 is 0 Å². The summed E-state index contributed by atoms with van der Waals surface area (Å²) in [7, 11) is -3.45. The maximum Gasteiger partial charge on any atom is 0.243 e. The fourth-order valence-electron chi connectivity index (χ4n) is 2.76. The summed E-state index contributed by atoms with van der Waals surface area (Å²) in [6.07, 6.45) is 1.94. The number of nitrogens with zero attached hydrogens (tertiary/aromatic N) is 1. The molecule has 0 radical (unpaired) electrons. The van der Waals surface area contributed by atoms with E-state index in [-0.39, 0.29) is 12.0 Å². The molecule has 1 aromatic carbocycles. The van der Waals surface area contributed by atoms with Crippen molar-refractivity contribution in [3.05, 3.63) is 23.8 Å². The highest BCUT2D eigenvalue weighted by Crippen LogP contribution is 2.27. The molecule has 22 heavy (non-hydrogen) atoms. The van der Waals surface area contributed by atoms with Crippen molar-refractivity contribution in [1.29, 1.82) is 0 Å². The highest BCUT2D eigenvalue weighted by atomic mass is 32.2. The average molecular weight is 326 g/mol. The predicted octanol–water partition coefficient (Wildman–Crippen LogP) is 2.14. The molecule has 2 N–H and O–H groups in total. The van der Waals surface area contributed by atoms with Gasteiger partial charge < -0.3 is 10.5 Å². The zero-order valence-electron chi connectivity index (χ0n) is 13.6. The van der Waals surface area contributed by atoms with Gasteiger partial charge in [-0.3, -0.25) is 0 Å². The van der Waals surface area contributed by atoms with E-state index < -0.39 is 10.0 Å². The topological polar surface area (TPSA) is 72.6 Å². The van der Waals surface area contributed by atoms with Crippen LogP contribution in [0.3, 0.4) is 0 Å². The van der Waals surface area contributed by atoms with Crippen molar-refractivity contribution in [2.24, 2.45) is 11.7 Å². The van der Waals surface area contributed by atoms with Gasteiger partial charge in [-0.25, -0.2) is 8.42 Å². The first kappa shape index (κ1) is 17.2. The Morgan fingerprint density at radius 2 is 2.14 bits per heavy atom. The van der Waals surface area contributed by atoms with Crippen LogP contribution >= 0.6 is 0 Å². The van der Waals surface area contributed by atoms with Crippen LogP contribution < -0.4 is 10.5 Å². The summed E-state index contributed by atoms with van der Waals surface area (Å²) in [5.74, 6) is 0.987. The first-order valence-electron chi connectivity index (χ1n) is 7.82. The monoisotopic (exact) mass is 326 g/mol. The van der Waals surface area contributed by atoms with Crippen LogP contribution in [-0.2, 0) is 10.0 Å². The van der Waals surface area contributed by atoms with Gasteiger partial charge in [0.2, 0.25) is 10.0 Å². The maximum atomic E-state index is 12.8. The zero-order chi connectivity index (χ0) is 16.3. The van der Waals surface area contributed by atoms with Gasteiger partial charge in [-0.05, 0) is 69.8 Å². The number of aryl methyl sites for hydroxylation is 1. The normalized spacial score (nSPS) is 20.3. The van der Waals surface area contributed by atoms with E-state index in [2.05, 4.69) is 0 Å². The summed E-state index contributed by atoms with van der Waals surface area (Å²) in [5.41, 5.74) is 6.54. The van der Waals surface area contributed by atoms with Gasteiger partial charge in [0.25, 0.3) is 0 Å². The Morgan fingerprint density at radius 3 is 2.73 bits per heavy atom.